The SMILES string of the molecule is CC(C)N(CCBr)C(=O)c1cc(O)ccc1Cl. The molecule has 0 atom stereocenters. The lowest BCUT2D eigenvalue weighted by Crippen LogP contribution is -2.38. The number of alkyl halides is 1. The Bertz CT molecular complexity index is 409. The number of benzene rings is 1. The lowest BCUT2D eigenvalue weighted by Gasteiger charge is -2.26. The summed E-state index contributed by atoms with van der Waals surface area (Å²) in [5, 5.41) is 10.5. The molecule has 0 aliphatic heterocycles. The van der Waals surface area contributed by atoms with Crippen molar-refractivity contribution < 1.29 is 9.90 Å². The van der Waals surface area contributed by atoms with Gasteiger partial charge in [-0.1, -0.05) is 27.5 Å². The van der Waals surface area contributed by atoms with E-state index in [1.807, 2.05) is 13.8 Å². The van der Waals surface area contributed by atoms with E-state index in [0.29, 0.717) is 22.5 Å². The van der Waals surface area contributed by atoms with Gasteiger partial charge < -0.3 is 10.0 Å². The average Bonchev–Trinajstić information content (AvgIpc) is 2.28. The molecule has 0 spiro atoms. The number of hydrogen-bond donors (Lipinski definition) is 1. The summed E-state index contributed by atoms with van der Waals surface area (Å²) in [5.74, 6) is -0.124. The van der Waals surface area contributed by atoms with Gasteiger partial charge in [0.05, 0.1) is 10.6 Å². The van der Waals surface area contributed by atoms with Crippen LogP contribution < -0.4 is 0 Å². The lowest BCUT2D eigenvalue weighted by atomic mass is 10.1. The van der Waals surface area contributed by atoms with Crippen LogP contribution in [0.3, 0.4) is 0 Å². The van der Waals surface area contributed by atoms with Gasteiger partial charge in [0.2, 0.25) is 0 Å². The Kier molecular flexibility index (Phi) is 5.28. The van der Waals surface area contributed by atoms with Crippen molar-refractivity contribution in [1.82, 2.24) is 4.90 Å². The van der Waals surface area contributed by atoms with E-state index in [2.05, 4.69) is 15.9 Å². The Labute approximate surface area is 115 Å². The van der Waals surface area contributed by atoms with Crippen LogP contribution in [-0.4, -0.2) is 33.8 Å². The van der Waals surface area contributed by atoms with Crippen molar-refractivity contribution in [3.63, 3.8) is 0 Å². The smallest absolute Gasteiger partial charge is 0.255 e. The van der Waals surface area contributed by atoms with E-state index in [1.54, 1.807) is 4.90 Å². The maximum atomic E-state index is 12.3. The minimum atomic E-state index is -0.166. The van der Waals surface area contributed by atoms with Crippen molar-refractivity contribution in [2.45, 2.75) is 19.9 Å². The molecule has 0 aliphatic carbocycles. The lowest BCUT2D eigenvalue weighted by molar-refractivity contribution is 0.0719. The molecule has 0 bridgehead atoms. The van der Waals surface area contributed by atoms with E-state index >= 15 is 0 Å². The number of rotatable bonds is 4. The van der Waals surface area contributed by atoms with Crippen LogP contribution in [0.4, 0.5) is 0 Å². The number of hydrogen-bond acceptors (Lipinski definition) is 2. The first kappa shape index (κ1) is 14.3. The molecule has 1 aromatic carbocycles. The topological polar surface area (TPSA) is 40.5 Å². The molecule has 1 N–H and O–H groups in total. The van der Waals surface area contributed by atoms with Gasteiger partial charge in [-0.2, -0.15) is 0 Å². The highest BCUT2D eigenvalue weighted by Gasteiger charge is 2.20. The fraction of sp³-hybridized carbons (Fsp3) is 0.417. The highest BCUT2D eigenvalue weighted by atomic mass is 79.9. The van der Waals surface area contributed by atoms with Gasteiger partial charge in [0.25, 0.3) is 5.91 Å². The van der Waals surface area contributed by atoms with E-state index in [4.69, 9.17) is 11.6 Å². The highest BCUT2D eigenvalue weighted by molar-refractivity contribution is 9.09. The number of nitrogens with zero attached hydrogens (tertiary/aromatic N) is 1. The first-order valence-corrected chi connectivity index (χ1v) is 6.82. The molecule has 0 aromatic heterocycles. The molecular weight excluding hydrogens is 305 g/mol. The van der Waals surface area contributed by atoms with E-state index in [9.17, 15) is 9.90 Å². The summed E-state index contributed by atoms with van der Waals surface area (Å²) in [5.41, 5.74) is 0.335. The van der Waals surface area contributed by atoms with Crippen LogP contribution in [0.1, 0.15) is 24.2 Å². The number of phenols is 1. The molecule has 0 saturated carbocycles. The molecule has 94 valence electrons. The summed E-state index contributed by atoms with van der Waals surface area (Å²) >= 11 is 9.29. The summed E-state index contributed by atoms with van der Waals surface area (Å²) in [6.07, 6.45) is 0. The third kappa shape index (κ3) is 3.61. The third-order valence-electron chi connectivity index (χ3n) is 2.39. The van der Waals surface area contributed by atoms with Gasteiger partial charge in [-0.15, -0.1) is 0 Å². The van der Waals surface area contributed by atoms with Crippen LogP contribution in [0, 0.1) is 0 Å². The molecule has 3 nitrogen and oxygen atoms in total. The van der Waals surface area contributed by atoms with E-state index in [-0.39, 0.29) is 17.7 Å². The van der Waals surface area contributed by atoms with Gasteiger partial charge in [-0.05, 0) is 32.0 Å². The van der Waals surface area contributed by atoms with E-state index in [1.165, 1.54) is 18.2 Å². The second-order valence-corrected chi connectivity index (χ2v) is 5.15. The Morgan fingerprint density at radius 3 is 2.71 bits per heavy atom. The summed E-state index contributed by atoms with van der Waals surface area (Å²) in [6.45, 7) is 4.48. The highest BCUT2D eigenvalue weighted by Crippen LogP contribution is 2.23. The average molecular weight is 321 g/mol. The summed E-state index contributed by atoms with van der Waals surface area (Å²) in [7, 11) is 0. The van der Waals surface area contributed by atoms with Crippen LogP contribution in [0.15, 0.2) is 18.2 Å². The van der Waals surface area contributed by atoms with Crippen molar-refractivity contribution in [1.29, 1.82) is 0 Å². The van der Waals surface area contributed by atoms with Crippen molar-refractivity contribution in [3.05, 3.63) is 28.8 Å². The molecule has 5 heteroatoms. The number of halogens is 2. The van der Waals surface area contributed by atoms with Gasteiger partial charge >= 0.3 is 0 Å². The van der Waals surface area contributed by atoms with Crippen molar-refractivity contribution in [2.75, 3.05) is 11.9 Å². The maximum absolute atomic E-state index is 12.3. The molecule has 0 radical (unpaired) electrons. The second-order valence-electron chi connectivity index (χ2n) is 3.95. The molecule has 1 aromatic rings. The van der Waals surface area contributed by atoms with Gasteiger partial charge in [-0.25, -0.2) is 0 Å². The van der Waals surface area contributed by atoms with E-state index < -0.39 is 0 Å². The quantitative estimate of drug-likeness (QED) is 0.865. The van der Waals surface area contributed by atoms with Gasteiger partial charge in [0.15, 0.2) is 0 Å². The fourth-order valence-corrected chi connectivity index (χ4v) is 2.10. The minimum Gasteiger partial charge on any atom is -0.508 e. The monoisotopic (exact) mass is 319 g/mol. The zero-order chi connectivity index (χ0) is 13.0. The molecule has 0 fully saturated rings. The Morgan fingerprint density at radius 1 is 1.53 bits per heavy atom. The van der Waals surface area contributed by atoms with Gasteiger partial charge in [0.1, 0.15) is 5.75 Å². The van der Waals surface area contributed by atoms with Crippen LogP contribution in [-0.2, 0) is 0 Å². The van der Waals surface area contributed by atoms with Crippen molar-refractivity contribution in [3.8, 4) is 5.75 Å². The standard InChI is InChI=1S/C12H15BrClNO2/c1-8(2)15(6-5-13)12(17)10-7-9(16)3-4-11(10)14/h3-4,7-8,16H,5-6H2,1-2H3. The fourth-order valence-electron chi connectivity index (χ4n) is 1.52. The normalized spacial score (nSPS) is 10.6. The molecule has 0 aliphatic rings. The largest absolute Gasteiger partial charge is 0.508 e. The second kappa shape index (κ2) is 6.26. The Hall–Kier alpha value is -0.740. The Morgan fingerprint density at radius 2 is 2.18 bits per heavy atom. The number of phenolic OH excluding ortho intramolecular Hbond substituents is 1. The first-order chi connectivity index (χ1) is 7.97. The van der Waals surface area contributed by atoms with Crippen LogP contribution in [0.5, 0.6) is 5.75 Å². The maximum Gasteiger partial charge on any atom is 0.255 e. The van der Waals surface area contributed by atoms with Gasteiger partial charge in [0, 0.05) is 17.9 Å². The predicted molar refractivity (Wildman–Crippen MR) is 73.1 cm³/mol. The number of carbonyl (C=O) groups is 1. The zero-order valence-corrected chi connectivity index (χ0v) is 12.1. The van der Waals surface area contributed by atoms with Crippen LogP contribution in [0.2, 0.25) is 5.02 Å². The number of carbonyl (C=O) groups excluding carboxylic acids is 1. The summed E-state index contributed by atoms with van der Waals surface area (Å²) < 4.78 is 0. The molecule has 0 unspecified atom stereocenters. The predicted octanol–water partition coefficient (Wildman–Crippen LogP) is 3.29. The number of aromatic hydroxyl groups is 1. The van der Waals surface area contributed by atoms with Gasteiger partial charge in [-0.3, -0.25) is 4.79 Å². The molecule has 0 saturated heterocycles. The Balaban J connectivity index is 3.04. The summed E-state index contributed by atoms with van der Waals surface area (Å²) in [4.78, 5) is 14.0. The molecule has 17 heavy (non-hydrogen) atoms. The minimum absolute atomic E-state index is 0.0419. The molecule has 0 heterocycles. The van der Waals surface area contributed by atoms with Crippen molar-refractivity contribution >= 4 is 33.4 Å². The van der Waals surface area contributed by atoms with Crippen LogP contribution >= 0.6 is 27.5 Å². The third-order valence-corrected chi connectivity index (χ3v) is 3.07. The summed E-state index contributed by atoms with van der Waals surface area (Å²) in [6, 6.07) is 4.47. The first-order valence-electron chi connectivity index (χ1n) is 5.32. The molecule has 1 rings (SSSR count). The zero-order valence-electron chi connectivity index (χ0n) is 9.78. The van der Waals surface area contributed by atoms with Crippen LogP contribution in [0.25, 0.3) is 0 Å². The van der Waals surface area contributed by atoms with Crippen molar-refractivity contribution in [2.24, 2.45) is 0 Å². The van der Waals surface area contributed by atoms with E-state index in [0.717, 1.165) is 0 Å². The molecule has 1 amide bonds. The number of amides is 1. The molecular formula is C12H15BrClNO2.